The van der Waals surface area contributed by atoms with E-state index in [1.54, 1.807) is 0 Å². The smallest absolute Gasteiger partial charge is 0.345 e. The minimum atomic E-state index is -4.69. The highest BCUT2D eigenvalue weighted by atomic mass is 35.5. The molecule has 0 bridgehead atoms. The second-order valence-electron chi connectivity index (χ2n) is 7.86. The molecule has 0 aromatic heterocycles. The van der Waals surface area contributed by atoms with Gasteiger partial charge < -0.3 is 5.32 Å². The van der Waals surface area contributed by atoms with Crippen molar-refractivity contribution in [2.45, 2.75) is 44.0 Å². The zero-order valence-electron chi connectivity index (χ0n) is 18.4. The molecule has 0 spiro atoms. The first-order valence-corrected chi connectivity index (χ1v) is 11.3. The van der Waals surface area contributed by atoms with E-state index in [-0.39, 0.29) is 40.4 Å². The first kappa shape index (κ1) is 29.6. The minimum Gasteiger partial charge on any atom is -0.345 e. The zero-order chi connectivity index (χ0) is 27.1. The largest absolute Gasteiger partial charge is 0.399 e. The lowest BCUT2D eigenvalue weighted by atomic mass is 9.97. The summed E-state index contributed by atoms with van der Waals surface area (Å²) in [6.07, 6.45) is -8.61. The highest BCUT2D eigenvalue weighted by molar-refractivity contribution is 6.34. The molecular formula is C24H20Cl2F7NO2. The summed E-state index contributed by atoms with van der Waals surface area (Å²) in [6, 6.07) is 6.61. The predicted octanol–water partition coefficient (Wildman–Crippen LogP) is 7.91. The number of Topliss-reactive ketones (excluding diaryl/α,β-unsaturated/α-hetero) is 1. The van der Waals surface area contributed by atoms with Gasteiger partial charge in [0.1, 0.15) is 5.82 Å². The lowest BCUT2D eigenvalue weighted by Crippen LogP contribution is -2.30. The van der Waals surface area contributed by atoms with Crippen molar-refractivity contribution in [3.63, 3.8) is 0 Å². The Labute approximate surface area is 212 Å². The first-order valence-electron chi connectivity index (χ1n) is 10.5. The van der Waals surface area contributed by atoms with E-state index in [4.69, 9.17) is 23.2 Å². The standard InChI is InChI=1S/C24H20Cl2F7NO2/c25-16-10-15(11-17(26)12-16)20(24(31,32)33)7-5-14-4-6-19(21(27)9-14)22(36)34-13-18(35)3-1-2-8-23(28,29)30/h4-7,9-12,20H,1-3,8,13H2,(H,34,36). The van der Waals surface area contributed by atoms with E-state index in [9.17, 15) is 40.3 Å². The Bertz CT molecular complexity index is 1090. The Morgan fingerprint density at radius 2 is 1.58 bits per heavy atom. The van der Waals surface area contributed by atoms with Crippen LogP contribution in [0.2, 0.25) is 10.0 Å². The van der Waals surface area contributed by atoms with Crippen LogP contribution in [0.25, 0.3) is 6.08 Å². The number of amides is 1. The predicted molar refractivity (Wildman–Crippen MR) is 123 cm³/mol. The molecule has 2 rings (SSSR count). The summed E-state index contributed by atoms with van der Waals surface area (Å²) in [6.45, 7) is -0.499. The van der Waals surface area contributed by atoms with Crippen LogP contribution in [-0.4, -0.2) is 30.6 Å². The van der Waals surface area contributed by atoms with E-state index in [2.05, 4.69) is 5.32 Å². The molecule has 0 aliphatic heterocycles. The van der Waals surface area contributed by atoms with Crippen molar-refractivity contribution in [3.05, 3.63) is 75.0 Å². The fourth-order valence-corrected chi connectivity index (χ4v) is 3.74. The molecule has 2 aromatic carbocycles. The Hall–Kier alpha value is -2.59. The number of alkyl halides is 6. The number of rotatable bonds is 10. The van der Waals surface area contributed by atoms with Crippen molar-refractivity contribution in [1.82, 2.24) is 5.32 Å². The average molecular weight is 558 g/mol. The zero-order valence-corrected chi connectivity index (χ0v) is 20.0. The van der Waals surface area contributed by atoms with Gasteiger partial charge in [-0.3, -0.25) is 9.59 Å². The minimum absolute atomic E-state index is 0.0100. The average Bonchev–Trinajstić information content (AvgIpc) is 2.73. The van der Waals surface area contributed by atoms with Crippen LogP contribution < -0.4 is 5.32 Å². The molecule has 0 aliphatic carbocycles. The molecule has 2 aromatic rings. The number of hydrogen-bond donors (Lipinski definition) is 1. The van der Waals surface area contributed by atoms with Crippen molar-refractivity contribution in [2.24, 2.45) is 0 Å². The van der Waals surface area contributed by atoms with Gasteiger partial charge in [0, 0.05) is 22.9 Å². The maximum absolute atomic E-state index is 14.4. The van der Waals surface area contributed by atoms with Gasteiger partial charge in [-0.1, -0.05) is 41.4 Å². The summed E-state index contributed by atoms with van der Waals surface area (Å²) in [5, 5.41) is 2.21. The second kappa shape index (κ2) is 12.6. The van der Waals surface area contributed by atoms with Crippen LogP contribution in [0.5, 0.6) is 0 Å². The monoisotopic (exact) mass is 557 g/mol. The molecule has 196 valence electrons. The Kier molecular flexibility index (Phi) is 10.4. The van der Waals surface area contributed by atoms with Crippen LogP contribution >= 0.6 is 23.2 Å². The third kappa shape index (κ3) is 9.81. The molecule has 1 unspecified atom stereocenters. The molecule has 1 N–H and O–H groups in total. The normalized spacial score (nSPS) is 13.1. The topological polar surface area (TPSA) is 46.2 Å². The number of ketones is 1. The van der Waals surface area contributed by atoms with Gasteiger partial charge in [0.15, 0.2) is 5.78 Å². The molecular weight excluding hydrogens is 538 g/mol. The molecule has 0 fully saturated rings. The summed E-state index contributed by atoms with van der Waals surface area (Å²) >= 11 is 11.6. The number of benzene rings is 2. The molecule has 0 saturated carbocycles. The first-order chi connectivity index (χ1) is 16.7. The van der Waals surface area contributed by atoms with Gasteiger partial charge in [-0.15, -0.1) is 0 Å². The number of allylic oxidation sites excluding steroid dienone is 1. The maximum atomic E-state index is 14.4. The molecule has 1 atom stereocenters. The van der Waals surface area contributed by atoms with Crippen LogP contribution in [-0.2, 0) is 4.79 Å². The molecule has 0 radical (unpaired) electrons. The SMILES string of the molecule is O=C(CCCCC(F)(F)F)CNC(=O)c1ccc(C=CC(c2cc(Cl)cc(Cl)c2)C(F)(F)F)cc1F. The molecule has 12 heteroatoms. The second-order valence-corrected chi connectivity index (χ2v) is 8.74. The molecule has 36 heavy (non-hydrogen) atoms. The third-order valence-corrected chi connectivity index (χ3v) is 5.36. The quantitative estimate of drug-likeness (QED) is 0.238. The van der Waals surface area contributed by atoms with E-state index < -0.39 is 54.3 Å². The van der Waals surface area contributed by atoms with Gasteiger partial charge in [0.05, 0.1) is 18.0 Å². The van der Waals surface area contributed by atoms with E-state index in [1.807, 2.05) is 0 Å². The van der Waals surface area contributed by atoms with Crippen molar-refractivity contribution in [3.8, 4) is 0 Å². The van der Waals surface area contributed by atoms with Gasteiger partial charge in [0.2, 0.25) is 0 Å². The molecule has 0 heterocycles. The van der Waals surface area contributed by atoms with E-state index in [1.165, 1.54) is 12.1 Å². The van der Waals surface area contributed by atoms with Crippen LogP contribution in [0.1, 0.15) is 53.1 Å². The molecule has 3 nitrogen and oxygen atoms in total. The Morgan fingerprint density at radius 1 is 0.944 bits per heavy atom. The van der Waals surface area contributed by atoms with Gasteiger partial charge in [-0.2, -0.15) is 26.3 Å². The van der Waals surface area contributed by atoms with Crippen LogP contribution in [0.4, 0.5) is 30.7 Å². The lowest BCUT2D eigenvalue weighted by Gasteiger charge is -2.18. The van der Waals surface area contributed by atoms with E-state index in [0.717, 1.165) is 36.4 Å². The Balaban J connectivity index is 2.02. The third-order valence-electron chi connectivity index (χ3n) is 4.93. The summed E-state index contributed by atoms with van der Waals surface area (Å²) in [7, 11) is 0. The van der Waals surface area contributed by atoms with Crippen molar-refractivity contribution >= 4 is 41.0 Å². The summed E-state index contributed by atoms with van der Waals surface area (Å²) in [5.74, 6) is -4.60. The van der Waals surface area contributed by atoms with E-state index in [0.29, 0.717) is 0 Å². The molecule has 0 aliphatic rings. The van der Waals surface area contributed by atoms with Crippen molar-refractivity contribution in [1.29, 1.82) is 0 Å². The fraction of sp³-hybridized carbons (Fsp3) is 0.333. The molecule has 0 saturated heterocycles. The number of unbranched alkanes of at least 4 members (excludes halogenated alkanes) is 1. The van der Waals surface area contributed by atoms with Crippen molar-refractivity contribution in [2.75, 3.05) is 6.54 Å². The van der Waals surface area contributed by atoms with Crippen LogP contribution in [0.15, 0.2) is 42.5 Å². The fourth-order valence-electron chi connectivity index (χ4n) is 3.20. The number of nitrogens with one attached hydrogen (secondary N) is 1. The summed E-state index contributed by atoms with van der Waals surface area (Å²) in [5.41, 5.74) is -0.631. The number of carbonyl (C=O) groups is 2. The van der Waals surface area contributed by atoms with Gasteiger partial charge >= 0.3 is 12.4 Å². The highest BCUT2D eigenvalue weighted by Gasteiger charge is 2.39. The maximum Gasteiger partial charge on any atom is 0.399 e. The van der Waals surface area contributed by atoms with Gasteiger partial charge in [0.25, 0.3) is 5.91 Å². The van der Waals surface area contributed by atoms with Crippen LogP contribution in [0.3, 0.4) is 0 Å². The number of carbonyl (C=O) groups excluding carboxylic acids is 2. The van der Waals surface area contributed by atoms with E-state index >= 15 is 0 Å². The number of hydrogen-bond acceptors (Lipinski definition) is 2. The van der Waals surface area contributed by atoms with Gasteiger partial charge in [-0.05, 0) is 54.3 Å². The van der Waals surface area contributed by atoms with Crippen LogP contribution in [0, 0.1) is 5.82 Å². The highest BCUT2D eigenvalue weighted by Crippen LogP contribution is 2.38. The van der Waals surface area contributed by atoms with Gasteiger partial charge in [-0.25, -0.2) is 4.39 Å². The van der Waals surface area contributed by atoms with Crippen molar-refractivity contribution < 1.29 is 40.3 Å². The Morgan fingerprint density at radius 3 is 2.14 bits per heavy atom. The lowest BCUT2D eigenvalue weighted by molar-refractivity contribution is -0.139. The number of halogens is 9. The summed E-state index contributed by atoms with van der Waals surface area (Å²) in [4.78, 5) is 23.9. The molecule has 1 amide bonds. The summed E-state index contributed by atoms with van der Waals surface area (Å²) < 4.78 is 91.4.